The van der Waals surface area contributed by atoms with E-state index in [1.165, 1.54) is 36.8 Å². The lowest BCUT2D eigenvalue weighted by molar-refractivity contribution is 0.406. The number of hydrogen-bond donors (Lipinski definition) is 0. The summed E-state index contributed by atoms with van der Waals surface area (Å²) in [6, 6.07) is 4.28. The number of rotatable bonds is 1. The van der Waals surface area contributed by atoms with Gasteiger partial charge in [0.15, 0.2) is 0 Å². The maximum atomic E-state index is 5.36. The normalized spacial score (nSPS) is 15.2. The van der Waals surface area contributed by atoms with E-state index in [9.17, 15) is 0 Å². The fraction of sp³-hybridized carbons (Fsp3) is 0.455. The van der Waals surface area contributed by atoms with Crippen molar-refractivity contribution in [2.75, 3.05) is 7.11 Å². The van der Waals surface area contributed by atoms with E-state index >= 15 is 0 Å². The molecule has 1 aliphatic rings. The minimum atomic E-state index is 1.05. The molecule has 0 heterocycles. The lowest BCUT2D eigenvalue weighted by Crippen LogP contribution is -2.04. The number of fused-ring (bicyclic) bond motifs is 1. The second-order valence-electron chi connectivity index (χ2n) is 3.45. The maximum Gasteiger partial charge on any atom is 0.123 e. The zero-order chi connectivity index (χ0) is 9.26. The van der Waals surface area contributed by atoms with Crippen LogP contribution in [0.4, 0.5) is 0 Å². The molecule has 1 aliphatic carbocycles. The predicted octanol–water partition coefficient (Wildman–Crippen LogP) is 3.34. The smallest absolute Gasteiger partial charge is 0.123 e. The van der Waals surface area contributed by atoms with Crippen LogP contribution in [0.1, 0.15) is 24.0 Å². The van der Waals surface area contributed by atoms with E-state index in [4.69, 9.17) is 4.74 Å². The van der Waals surface area contributed by atoms with Crippen LogP contribution in [0.2, 0.25) is 0 Å². The van der Waals surface area contributed by atoms with Crippen molar-refractivity contribution in [2.45, 2.75) is 25.7 Å². The zero-order valence-electron chi connectivity index (χ0n) is 7.77. The first kappa shape index (κ1) is 9.07. The molecule has 13 heavy (non-hydrogen) atoms. The summed E-state index contributed by atoms with van der Waals surface area (Å²) >= 11 is 3.50. The van der Waals surface area contributed by atoms with Crippen LogP contribution < -0.4 is 4.74 Å². The molecule has 1 aromatic carbocycles. The molecule has 0 atom stereocenters. The van der Waals surface area contributed by atoms with Gasteiger partial charge in [-0.05, 0) is 48.9 Å². The third-order valence-electron chi connectivity index (χ3n) is 2.61. The van der Waals surface area contributed by atoms with Crippen LogP contribution in [-0.2, 0) is 12.8 Å². The van der Waals surface area contributed by atoms with Crippen molar-refractivity contribution in [1.29, 1.82) is 0 Å². The first-order chi connectivity index (χ1) is 6.31. The average molecular weight is 241 g/mol. The van der Waals surface area contributed by atoms with Crippen LogP contribution in [0.15, 0.2) is 16.6 Å². The van der Waals surface area contributed by atoms with Gasteiger partial charge in [-0.2, -0.15) is 0 Å². The van der Waals surface area contributed by atoms with Gasteiger partial charge in [-0.3, -0.25) is 0 Å². The second-order valence-corrected chi connectivity index (χ2v) is 4.37. The molecule has 0 aromatic heterocycles. The number of halogens is 1. The van der Waals surface area contributed by atoms with Crippen LogP contribution in [0.25, 0.3) is 0 Å². The Morgan fingerprint density at radius 3 is 2.77 bits per heavy atom. The Balaban J connectivity index is 2.50. The van der Waals surface area contributed by atoms with Gasteiger partial charge in [0.1, 0.15) is 5.75 Å². The number of ether oxygens (including phenoxy) is 1. The first-order valence-corrected chi connectivity index (χ1v) is 5.46. The summed E-state index contributed by atoms with van der Waals surface area (Å²) < 4.78 is 6.49. The Morgan fingerprint density at radius 1 is 1.23 bits per heavy atom. The van der Waals surface area contributed by atoms with Gasteiger partial charge < -0.3 is 4.74 Å². The van der Waals surface area contributed by atoms with E-state index in [0.29, 0.717) is 0 Å². The molecular weight excluding hydrogens is 228 g/mol. The SMILES string of the molecule is COc1cc(Br)cc2c1CCCC2. The second kappa shape index (κ2) is 3.70. The Morgan fingerprint density at radius 2 is 2.00 bits per heavy atom. The van der Waals surface area contributed by atoms with Crippen molar-refractivity contribution in [3.8, 4) is 5.75 Å². The number of methoxy groups -OCH3 is 1. The summed E-state index contributed by atoms with van der Waals surface area (Å²) in [5.41, 5.74) is 2.87. The molecule has 2 heteroatoms. The van der Waals surface area contributed by atoms with E-state index in [2.05, 4.69) is 28.1 Å². The van der Waals surface area contributed by atoms with Crippen LogP contribution in [0.3, 0.4) is 0 Å². The molecule has 0 aliphatic heterocycles. The summed E-state index contributed by atoms with van der Waals surface area (Å²) in [5, 5.41) is 0. The van der Waals surface area contributed by atoms with E-state index in [0.717, 1.165) is 10.2 Å². The molecular formula is C11H13BrO. The minimum Gasteiger partial charge on any atom is -0.496 e. The molecule has 1 aromatic rings. The summed E-state index contributed by atoms with van der Waals surface area (Å²) in [6.07, 6.45) is 4.98. The van der Waals surface area contributed by atoms with Crippen molar-refractivity contribution in [2.24, 2.45) is 0 Å². The summed E-state index contributed by atoms with van der Waals surface area (Å²) in [4.78, 5) is 0. The van der Waals surface area contributed by atoms with Gasteiger partial charge in [-0.25, -0.2) is 0 Å². The van der Waals surface area contributed by atoms with Crippen molar-refractivity contribution < 1.29 is 4.74 Å². The average Bonchev–Trinajstić information content (AvgIpc) is 2.16. The number of benzene rings is 1. The largest absolute Gasteiger partial charge is 0.496 e. The van der Waals surface area contributed by atoms with E-state index < -0.39 is 0 Å². The van der Waals surface area contributed by atoms with Crippen molar-refractivity contribution in [3.63, 3.8) is 0 Å². The van der Waals surface area contributed by atoms with Gasteiger partial charge in [-0.1, -0.05) is 15.9 Å². The quantitative estimate of drug-likeness (QED) is 0.732. The highest BCUT2D eigenvalue weighted by Gasteiger charge is 2.14. The molecule has 2 rings (SSSR count). The fourth-order valence-corrected chi connectivity index (χ4v) is 2.46. The zero-order valence-corrected chi connectivity index (χ0v) is 9.36. The molecule has 0 saturated carbocycles. The first-order valence-electron chi connectivity index (χ1n) is 4.66. The summed E-state index contributed by atoms with van der Waals surface area (Å²) in [7, 11) is 1.75. The highest BCUT2D eigenvalue weighted by Crippen LogP contribution is 2.32. The Hall–Kier alpha value is -0.500. The molecule has 0 unspecified atom stereocenters. The standard InChI is InChI=1S/C11H13BrO/c1-13-11-7-9(12)6-8-4-2-3-5-10(8)11/h6-7H,2-5H2,1H3. The molecule has 0 spiro atoms. The molecule has 0 fully saturated rings. The molecule has 0 N–H and O–H groups in total. The van der Waals surface area contributed by atoms with Gasteiger partial charge in [-0.15, -0.1) is 0 Å². The van der Waals surface area contributed by atoms with Gasteiger partial charge in [0.05, 0.1) is 7.11 Å². The molecule has 0 amide bonds. The van der Waals surface area contributed by atoms with Gasteiger partial charge in [0.25, 0.3) is 0 Å². The fourth-order valence-electron chi connectivity index (χ4n) is 1.97. The van der Waals surface area contributed by atoms with Gasteiger partial charge >= 0.3 is 0 Å². The van der Waals surface area contributed by atoms with Crippen LogP contribution in [0.5, 0.6) is 5.75 Å². The summed E-state index contributed by atoms with van der Waals surface area (Å²) in [5.74, 6) is 1.05. The number of hydrogen-bond acceptors (Lipinski definition) is 1. The van der Waals surface area contributed by atoms with E-state index in [1.54, 1.807) is 7.11 Å². The lowest BCUT2D eigenvalue weighted by Gasteiger charge is -2.18. The molecule has 1 nitrogen and oxygen atoms in total. The van der Waals surface area contributed by atoms with Crippen LogP contribution >= 0.6 is 15.9 Å². The molecule has 0 saturated heterocycles. The minimum absolute atomic E-state index is 1.05. The van der Waals surface area contributed by atoms with Crippen LogP contribution in [-0.4, -0.2) is 7.11 Å². The lowest BCUT2D eigenvalue weighted by atomic mass is 9.91. The van der Waals surface area contributed by atoms with Crippen LogP contribution in [0, 0.1) is 0 Å². The van der Waals surface area contributed by atoms with Gasteiger partial charge in [0.2, 0.25) is 0 Å². The third-order valence-corrected chi connectivity index (χ3v) is 3.07. The predicted molar refractivity (Wildman–Crippen MR) is 57.3 cm³/mol. The molecule has 0 bridgehead atoms. The van der Waals surface area contributed by atoms with E-state index in [1.807, 2.05) is 0 Å². The Bertz CT molecular complexity index is 303. The Labute approximate surface area is 87.2 Å². The maximum absolute atomic E-state index is 5.36. The van der Waals surface area contributed by atoms with E-state index in [-0.39, 0.29) is 0 Å². The highest BCUT2D eigenvalue weighted by atomic mass is 79.9. The van der Waals surface area contributed by atoms with Gasteiger partial charge in [0, 0.05) is 4.47 Å². The summed E-state index contributed by atoms with van der Waals surface area (Å²) in [6.45, 7) is 0. The van der Waals surface area contributed by atoms with Crippen molar-refractivity contribution >= 4 is 15.9 Å². The topological polar surface area (TPSA) is 9.23 Å². The highest BCUT2D eigenvalue weighted by molar-refractivity contribution is 9.10. The molecule has 70 valence electrons. The van der Waals surface area contributed by atoms with Crippen molar-refractivity contribution in [1.82, 2.24) is 0 Å². The third kappa shape index (κ3) is 1.73. The monoisotopic (exact) mass is 240 g/mol. The number of aryl methyl sites for hydroxylation is 1. The van der Waals surface area contributed by atoms with Crippen molar-refractivity contribution in [3.05, 3.63) is 27.7 Å². The Kier molecular flexibility index (Phi) is 2.58. The molecule has 0 radical (unpaired) electrons.